The minimum atomic E-state index is -0.486. The Hall–Kier alpha value is -0.420. The van der Waals surface area contributed by atoms with E-state index in [1.54, 1.807) is 11.3 Å². The van der Waals surface area contributed by atoms with E-state index >= 15 is 0 Å². The van der Waals surface area contributed by atoms with Gasteiger partial charge in [0.05, 0.1) is 11.6 Å². The number of hydrogen-bond donors (Lipinski definition) is 2. The Morgan fingerprint density at radius 2 is 2.18 bits per heavy atom. The molecule has 0 radical (unpaired) electrons. The normalized spacial score (nSPS) is 22.6. The summed E-state index contributed by atoms with van der Waals surface area (Å²) in [6.07, 6.45) is 1.68. The Labute approximate surface area is 107 Å². The summed E-state index contributed by atoms with van der Waals surface area (Å²) in [6.45, 7) is 6.61. The number of thiophene rings is 1. The maximum Gasteiger partial charge on any atom is 0.0644 e. The highest BCUT2D eigenvalue weighted by atomic mass is 32.1. The predicted molar refractivity (Wildman–Crippen MR) is 72.3 cm³/mol. The zero-order chi connectivity index (χ0) is 12.5. The fraction of sp³-hybridized carbons (Fsp3) is 0.692. The van der Waals surface area contributed by atoms with Crippen molar-refractivity contribution in [2.45, 2.75) is 38.3 Å². The molecule has 1 aliphatic rings. The van der Waals surface area contributed by atoms with Crippen molar-refractivity contribution in [3.8, 4) is 0 Å². The van der Waals surface area contributed by atoms with Crippen LogP contribution >= 0.6 is 11.3 Å². The molecule has 3 nitrogen and oxygen atoms in total. The Bertz CT molecular complexity index is 365. The lowest BCUT2D eigenvalue weighted by atomic mass is 9.92. The van der Waals surface area contributed by atoms with Gasteiger partial charge in [0, 0.05) is 24.5 Å². The first-order valence-electron chi connectivity index (χ1n) is 6.24. The molecule has 96 valence electrons. The van der Waals surface area contributed by atoms with Gasteiger partial charge < -0.3 is 10.8 Å². The van der Waals surface area contributed by atoms with Crippen LogP contribution in [-0.4, -0.2) is 35.2 Å². The van der Waals surface area contributed by atoms with Gasteiger partial charge in [-0.25, -0.2) is 0 Å². The fourth-order valence-electron chi connectivity index (χ4n) is 2.47. The van der Waals surface area contributed by atoms with Crippen LogP contribution in [0.15, 0.2) is 11.4 Å². The molecule has 0 aromatic carbocycles. The largest absolute Gasteiger partial charge is 0.390 e. The van der Waals surface area contributed by atoms with Crippen molar-refractivity contribution in [2.75, 3.05) is 19.6 Å². The van der Waals surface area contributed by atoms with E-state index in [1.807, 2.05) is 6.92 Å². The van der Waals surface area contributed by atoms with Crippen molar-refractivity contribution in [3.05, 3.63) is 21.9 Å². The number of nitrogens with two attached hydrogens (primary N) is 1. The van der Waals surface area contributed by atoms with Crippen LogP contribution in [0, 0.1) is 6.92 Å². The quantitative estimate of drug-likeness (QED) is 0.866. The van der Waals surface area contributed by atoms with Crippen molar-refractivity contribution >= 4 is 11.3 Å². The van der Waals surface area contributed by atoms with Crippen molar-refractivity contribution in [2.24, 2.45) is 5.73 Å². The summed E-state index contributed by atoms with van der Waals surface area (Å²) < 4.78 is 0. The summed E-state index contributed by atoms with van der Waals surface area (Å²) in [5, 5.41) is 12.1. The molecule has 0 saturated carbocycles. The molecule has 0 amide bonds. The predicted octanol–water partition coefficient (Wildman–Crippen LogP) is 1.90. The first-order valence-corrected chi connectivity index (χ1v) is 7.12. The molecule has 1 aromatic heterocycles. The molecule has 1 aliphatic heterocycles. The van der Waals surface area contributed by atoms with Crippen LogP contribution in [0.4, 0.5) is 0 Å². The SMILES string of the molecule is Cc1ccsc1C(CN)N1CCC(C)(O)CC1. The molecule has 2 heterocycles. The molecule has 1 aromatic rings. The zero-order valence-corrected chi connectivity index (χ0v) is 11.5. The standard InChI is InChI=1S/C13H22N2OS/c1-10-3-8-17-12(10)11(9-14)15-6-4-13(2,16)5-7-15/h3,8,11,16H,4-7,9,14H2,1-2H3. The molecule has 2 rings (SSSR count). The van der Waals surface area contributed by atoms with Crippen LogP contribution in [0.3, 0.4) is 0 Å². The lowest BCUT2D eigenvalue weighted by Gasteiger charge is -2.39. The summed E-state index contributed by atoms with van der Waals surface area (Å²) >= 11 is 1.79. The third-order valence-corrected chi connectivity index (χ3v) is 4.86. The van der Waals surface area contributed by atoms with E-state index in [4.69, 9.17) is 5.73 Å². The molecule has 1 unspecified atom stereocenters. The Morgan fingerprint density at radius 1 is 1.53 bits per heavy atom. The molecular weight excluding hydrogens is 232 g/mol. The van der Waals surface area contributed by atoms with Gasteiger partial charge >= 0.3 is 0 Å². The number of likely N-dealkylation sites (tertiary alicyclic amines) is 1. The lowest BCUT2D eigenvalue weighted by molar-refractivity contribution is -0.0156. The highest BCUT2D eigenvalue weighted by Crippen LogP contribution is 2.32. The second kappa shape index (κ2) is 5.06. The van der Waals surface area contributed by atoms with E-state index < -0.39 is 5.60 Å². The van der Waals surface area contributed by atoms with E-state index in [1.165, 1.54) is 10.4 Å². The van der Waals surface area contributed by atoms with Crippen LogP contribution < -0.4 is 5.73 Å². The average Bonchev–Trinajstić information content (AvgIpc) is 2.69. The maximum atomic E-state index is 9.98. The molecule has 17 heavy (non-hydrogen) atoms. The van der Waals surface area contributed by atoms with Gasteiger partial charge in [0.25, 0.3) is 0 Å². The molecule has 1 atom stereocenters. The van der Waals surface area contributed by atoms with Gasteiger partial charge in [0.15, 0.2) is 0 Å². The smallest absolute Gasteiger partial charge is 0.0644 e. The first-order chi connectivity index (χ1) is 8.03. The third-order valence-electron chi connectivity index (χ3n) is 3.74. The second-order valence-electron chi connectivity index (χ2n) is 5.25. The summed E-state index contributed by atoms with van der Waals surface area (Å²) in [4.78, 5) is 3.80. The summed E-state index contributed by atoms with van der Waals surface area (Å²) in [5.41, 5.74) is 6.78. The average molecular weight is 254 g/mol. The van der Waals surface area contributed by atoms with E-state index in [0.29, 0.717) is 12.6 Å². The van der Waals surface area contributed by atoms with Crippen molar-refractivity contribution in [1.82, 2.24) is 4.90 Å². The maximum absolute atomic E-state index is 9.98. The van der Waals surface area contributed by atoms with Crippen molar-refractivity contribution in [3.63, 3.8) is 0 Å². The van der Waals surface area contributed by atoms with Crippen LogP contribution in [0.5, 0.6) is 0 Å². The molecule has 1 fully saturated rings. The minimum Gasteiger partial charge on any atom is -0.390 e. The summed E-state index contributed by atoms with van der Waals surface area (Å²) in [5.74, 6) is 0. The van der Waals surface area contributed by atoms with Gasteiger partial charge in [-0.1, -0.05) is 0 Å². The number of rotatable bonds is 3. The highest BCUT2D eigenvalue weighted by Gasteiger charge is 2.31. The topological polar surface area (TPSA) is 49.5 Å². The van der Waals surface area contributed by atoms with E-state index in [0.717, 1.165) is 25.9 Å². The van der Waals surface area contributed by atoms with Crippen LogP contribution in [0.2, 0.25) is 0 Å². The highest BCUT2D eigenvalue weighted by molar-refractivity contribution is 7.10. The van der Waals surface area contributed by atoms with Gasteiger partial charge in [-0.3, -0.25) is 4.90 Å². The second-order valence-corrected chi connectivity index (χ2v) is 6.20. The van der Waals surface area contributed by atoms with Crippen LogP contribution in [-0.2, 0) is 0 Å². The first kappa shape index (κ1) is 13.0. The minimum absolute atomic E-state index is 0.325. The van der Waals surface area contributed by atoms with Crippen LogP contribution in [0.1, 0.15) is 36.2 Å². The third kappa shape index (κ3) is 2.88. The van der Waals surface area contributed by atoms with Gasteiger partial charge in [-0.2, -0.15) is 0 Å². The monoisotopic (exact) mass is 254 g/mol. The molecular formula is C13H22N2OS. The van der Waals surface area contributed by atoms with Gasteiger partial charge in [0.1, 0.15) is 0 Å². The van der Waals surface area contributed by atoms with Crippen LogP contribution in [0.25, 0.3) is 0 Å². The molecule has 0 spiro atoms. The summed E-state index contributed by atoms with van der Waals surface area (Å²) in [7, 11) is 0. The molecule has 0 bridgehead atoms. The Balaban J connectivity index is 2.08. The van der Waals surface area contributed by atoms with E-state index in [2.05, 4.69) is 23.3 Å². The van der Waals surface area contributed by atoms with Crippen molar-refractivity contribution < 1.29 is 5.11 Å². The van der Waals surface area contributed by atoms with E-state index in [-0.39, 0.29) is 0 Å². The van der Waals surface area contributed by atoms with Crippen molar-refractivity contribution in [1.29, 1.82) is 0 Å². The van der Waals surface area contributed by atoms with Gasteiger partial charge in [-0.15, -0.1) is 11.3 Å². The summed E-state index contributed by atoms with van der Waals surface area (Å²) in [6, 6.07) is 2.48. The number of hydrogen-bond acceptors (Lipinski definition) is 4. The van der Waals surface area contributed by atoms with Gasteiger partial charge in [-0.05, 0) is 43.7 Å². The Kier molecular flexibility index (Phi) is 3.88. The fourth-order valence-corrected chi connectivity index (χ4v) is 3.54. The number of aryl methyl sites for hydroxylation is 1. The number of aliphatic hydroxyl groups is 1. The Morgan fingerprint density at radius 3 is 2.65 bits per heavy atom. The molecule has 4 heteroatoms. The van der Waals surface area contributed by atoms with Gasteiger partial charge in [0.2, 0.25) is 0 Å². The van der Waals surface area contributed by atoms with E-state index in [9.17, 15) is 5.11 Å². The zero-order valence-electron chi connectivity index (χ0n) is 10.6. The lowest BCUT2D eigenvalue weighted by Crippen LogP contribution is -2.45. The molecule has 0 aliphatic carbocycles. The molecule has 3 N–H and O–H groups in total. The number of piperidine rings is 1. The molecule has 1 saturated heterocycles. The number of nitrogens with zero attached hydrogens (tertiary/aromatic N) is 1.